The van der Waals surface area contributed by atoms with E-state index >= 15 is 0 Å². The summed E-state index contributed by atoms with van der Waals surface area (Å²) < 4.78 is 14.8. The minimum atomic E-state index is -0.759. The van der Waals surface area contributed by atoms with Crippen molar-refractivity contribution in [3.05, 3.63) is 34.1 Å². The van der Waals surface area contributed by atoms with Crippen LogP contribution in [0.15, 0.2) is 22.7 Å². The Bertz CT molecular complexity index is 556. The number of nitrogens with zero attached hydrogens (tertiary/aromatic N) is 1. The van der Waals surface area contributed by atoms with Crippen LogP contribution in [0.2, 0.25) is 0 Å². The van der Waals surface area contributed by atoms with Gasteiger partial charge in [-0.25, -0.2) is 4.39 Å². The minimum absolute atomic E-state index is 0. The topological polar surface area (TPSA) is 72.3 Å². The summed E-state index contributed by atoms with van der Waals surface area (Å²) in [5, 5.41) is 0. The third kappa shape index (κ3) is 3.98. The Morgan fingerprint density at radius 2 is 2.14 bits per heavy atom. The molecule has 1 amide bonds. The molecule has 0 radical (unpaired) electrons. The van der Waals surface area contributed by atoms with Gasteiger partial charge in [0.1, 0.15) is 11.9 Å². The van der Waals surface area contributed by atoms with Gasteiger partial charge in [-0.1, -0.05) is 35.8 Å². The van der Waals surface area contributed by atoms with Gasteiger partial charge in [0.15, 0.2) is 0 Å². The lowest BCUT2D eigenvalue weighted by Gasteiger charge is -2.45. The van der Waals surface area contributed by atoms with E-state index < -0.39 is 17.8 Å². The van der Waals surface area contributed by atoms with Crippen LogP contribution in [-0.4, -0.2) is 29.9 Å². The fourth-order valence-corrected chi connectivity index (χ4v) is 3.22. The molecule has 0 aromatic heterocycles. The number of piperidine rings is 1. The standard InChI is InChI=1S/C15H21BrFN3O.ClH/c1-15(2)8-20(6-5-12(15)18)13(14(19)21)10-4-3-9(16)7-11(10)17;/h3-4,7,12-13H,5-6,8,18H2,1-2H3,(H2,19,21);1H. The molecule has 1 saturated heterocycles. The molecule has 1 aromatic rings. The first-order chi connectivity index (χ1) is 9.72. The molecule has 2 unspecified atom stereocenters. The monoisotopic (exact) mass is 393 g/mol. The number of carbonyl (C=O) groups is 1. The van der Waals surface area contributed by atoms with Crippen molar-refractivity contribution in [1.29, 1.82) is 0 Å². The van der Waals surface area contributed by atoms with Gasteiger partial charge in [-0.2, -0.15) is 0 Å². The summed E-state index contributed by atoms with van der Waals surface area (Å²) in [5.74, 6) is -0.969. The van der Waals surface area contributed by atoms with Gasteiger partial charge in [0.25, 0.3) is 0 Å². The van der Waals surface area contributed by atoms with E-state index in [0.717, 1.165) is 6.42 Å². The van der Waals surface area contributed by atoms with Gasteiger partial charge in [-0.05, 0) is 24.0 Å². The van der Waals surface area contributed by atoms with Gasteiger partial charge in [-0.3, -0.25) is 9.69 Å². The number of benzene rings is 1. The van der Waals surface area contributed by atoms with Crippen molar-refractivity contribution in [3.8, 4) is 0 Å². The van der Waals surface area contributed by atoms with E-state index in [4.69, 9.17) is 11.5 Å². The van der Waals surface area contributed by atoms with Crippen molar-refractivity contribution < 1.29 is 9.18 Å². The quantitative estimate of drug-likeness (QED) is 0.827. The van der Waals surface area contributed by atoms with Gasteiger partial charge in [0, 0.05) is 29.2 Å². The van der Waals surface area contributed by atoms with Crippen molar-refractivity contribution in [2.24, 2.45) is 16.9 Å². The normalized spacial score (nSPS) is 22.7. The number of nitrogens with two attached hydrogens (primary N) is 2. The molecule has 0 bridgehead atoms. The molecule has 124 valence electrons. The Balaban J connectivity index is 0.00000242. The number of rotatable bonds is 3. The average molecular weight is 395 g/mol. The van der Waals surface area contributed by atoms with E-state index in [1.807, 2.05) is 4.90 Å². The number of hydrogen-bond donors (Lipinski definition) is 2. The summed E-state index contributed by atoms with van der Waals surface area (Å²) in [5.41, 5.74) is 11.8. The highest BCUT2D eigenvalue weighted by Crippen LogP contribution is 2.34. The first-order valence-corrected chi connectivity index (χ1v) is 7.75. The lowest BCUT2D eigenvalue weighted by molar-refractivity contribution is -0.125. The van der Waals surface area contributed by atoms with E-state index in [1.165, 1.54) is 6.07 Å². The molecule has 0 spiro atoms. The van der Waals surface area contributed by atoms with Crippen molar-refractivity contribution in [3.63, 3.8) is 0 Å². The molecule has 2 rings (SSSR count). The van der Waals surface area contributed by atoms with Gasteiger partial charge in [-0.15, -0.1) is 12.4 Å². The Hall–Kier alpha value is -0.690. The highest BCUT2D eigenvalue weighted by molar-refractivity contribution is 9.10. The molecule has 7 heteroatoms. The highest BCUT2D eigenvalue weighted by Gasteiger charge is 2.39. The number of primary amides is 1. The number of halogens is 3. The highest BCUT2D eigenvalue weighted by atomic mass is 79.9. The van der Waals surface area contributed by atoms with E-state index in [0.29, 0.717) is 23.1 Å². The predicted molar refractivity (Wildman–Crippen MR) is 91.2 cm³/mol. The predicted octanol–water partition coefficient (Wildman–Crippen LogP) is 2.60. The van der Waals surface area contributed by atoms with Gasteiger partial charge < -0.3 is 11.5 Å². The van der Waals surface area contributed by atoms with Gasteiger partial charge in [0.05, 0.1) is 0 Å². The zero-order valence-electron chi connectivity index (χ0n) is 12.7. The second kappa shape index (κ2) is 7.25. The molecule has 1 heterocycles. The number of hydrogen-bond acceptors (Lipinski definition) is 3. The number of amides is 1. The van der Waals surface area contributed by atoms with Crippen LogP contribution in [0, 0.1) is 11.2 Å². The van der Waals surface area contributed by atoms with Gasteiger partial charge >= 0.3 is 0 Å². The summed E-state index contributed by atoms with van der Waals surface area (Å²) in [6.07, 6.45) is 0.759. The third-order valence-electron chi connectivity index (χ3n) is 4.23. The molecular formula is C15H22BrClFN3O. The molecule has 0 saturated carbocycles. The Kier molecular flexibility index (Phi) is 6.38. The van der Waals surface area contributed by atoms with Crippen LogP contribution >= 0.6 is 28.3 Å². The Labute approximate surface area is 144 Å². The van der Waals surface area contributed by atoms with Crippen LogP contribution in [0.5, 0.6) is 0 Å². The number of likely N-dealkylation sites (tertiary alicyclic amines) is 1. The largest absolute Gasteiger partial charge is 0.368 e. The molecular weight excluding hydrogens is 373 g/mol. The first-order valence-electron chi connectivity index (χ1n) is 6.96. The van der Waals surface area contributed by atoms with E-state index in [-0.39, 0.29) is 23.9 Å². The van der Waals surface area contributed by atoms with Crippen LogP contribution in [0.25, 0.3) is 0 Å². The van der Waals surface area contributed by atoms with Crippen LogP contribution in [-0.2, 0) is 4.79 Å². The zero-order valence-corrected chi connectivity index (χ0v) is 15.1. The van der Waals surface area contributed by atoms with Crippen LogP contribution in [0.4, 0.5) is 4.39 Å². The van der Waals surface area contributed by atoms with Crippen LogP contribution in [0.1, 0.15) is 31.9 Å². The van der Waals surface area contributed by atoms with Crippen LogP contribution < -0.4 is 11.5 Å². The van der Waals surface area contributed by atoms with E-state index in [9.17, 15) is 9.18 Å². The number of carbonyl (C=O) groups excluding carboxylic acids is 1. The summed E-state index contributed by atoms with van der Waals surface area (Å²) in [4.78, 5) is 13.8. The molecule has 1 aliphatic heterocycles. The van der Waals surface area contributed by atoms with Crippen molar-refractivity contribution in [2.45, 2.75) is 32.4 Å². The molecule has 2 atom stereocenters. The van der Waals surface area contributed by atoms with Crippen LogP contribution in [0.3, 0.4) is 0 Å². The molecule has 22 heavy (non-hydrogen) atoms. The molecule has 4 nitrogen and oxygen atoms in total. The van der Waals surface area contributed by atoms with Crippen molar-refractivity contribution >= 4 is 34.2 Å². The van der Waals surface area contributed by atoms with E-state index in [2.05, 4.69) is 29.8 Å². The summed E-state index contributed by atoms with van der Waals surface area (Å²) in [7, 11) is 0. The smallest absolute Gasteiger partial charge is 0.239 e. The van der Waals surface area contributed by atoms with Crippen molar-refractivity contribution in [1.82, 2.24) is 4.90 Å². The Morgan fingerprint density at radius 1 is 1.50 bits per heavy atom. The third-order valence-corrected chi connectivity index (χ3v) is 4.73. The Morgan fingerprint density at radius 3 is 2.64 bits per heavy atom. The van der Waals surface area contributed by atoms with Crippen molar-refractivity contribution in [2.75, 3.05) is 13.1 Å². The molecule has 1 aliphatic rings. The lowest BCUT2D eigenvalue weighted by Crippen LogP contribution is -2.55. The van der Waals surface area contributed by atoms with Gasteiger partial charge in [0.2, 0.25) is 5.91 Å². The molecule has 1 aromatic carbocycles. The second-order valence-corrected chi connectivity index (χ2v) is 7.24. The van der Waals surface area contributed by atoms with E-state index in [1.54, 1.807) is 12.1 Å². The first kappa shape index (κ1) is 19.4. The second-order valence-electron chi connectivity index (χ2n) is 6.32. The molecule has 4 N–H and O–H groups in total. The molecule has 1 fully saturated rings. The minimum Gasteiger partial charge on any atom is -0.368 e. The lowest BCUT2D eigenvalue weighted by atomic mass is 9.79. The average Bonchev–Trinajstić information content (AvgIpc) is 2.36. The maximum Gasteiger partial charge on any atom is 0.239 e. The summed E-state index contributed by atoms with van der Waals surface area (Å²) >= 11 is 3.22. The maximum atomic E-state index is 14.2. The maximum absolute atomic E-state index is 14.2. The molecule has 0 aliphatic carbocycles. The zero-order chi connectivity index (χ0) is 15.8. The fourth-order valence-electron chi connectivity index (χ4n) is 2.89. The summed E-state index contributed by atoms with van der Waals surface area (Å²) in [6, 6.07) is 3.99. The summed E-state index contributed by atoms with van der Waals surface area (Å²) in [6.45, 7) is 5.35. The SMILES string of the molecule is CC1(C)CN(C(C(N)=O)c2ccc(Br)cc2F)CCC1N.Cl. The fraction of sp³-hybridized carbons (Fsp3) is 0.533.